The highest BCUT2D eigenvalue weighted by Gasteiger charge is 2.18. The lowest BCUT2D eigenvalue weighted by Crippen LogP contribution is -2.31. The van der Waals surface area contributed by atoms with Crippen molar-refractivity contribution in [1.82, 2.24) is 4.90 Å². The molecule has 4 N–H and O–H groups in total. The number of carbonyl (C=O) groups excluding carboxylic acids is 1. The first kappa shape index (κ1) is 16.4. The van der Waals surface area contributed by atoms with Crippen molar-refractivity contribution in [3.05, 3.63) is 59.2 Å². The highest BCUT2D eigenvalue weighted by Crippen LogP contribution is 2.25. The SMILES string of the molecule is Cc1c(N)ccc(NC(=O)N(C)Cc2ccccc2)c1C(=O)O. The van der Waals surface area contributed by atoms with Crippen molar-refractivity contribution in [3.63, 3.8) is 0 Å². The van der Waals surface area contributed by atoms with E-state index in [-0.39, 0.29) is 17.3 Å². The molecule has 0 spiro atoms. The monoisotopic (exact) mass is 313 g/mol. The third-order valence-electron chi connectivity index (χ3n) is 3.57. The van der Waals surface area contributed by atoms with Crippen LogP contribution in [-0.4, -0.2) is 29.1 Å². The standard InChI is InChI=1S/C17H19N3O3/c1-11-13(18)8-9-14(15(11)16(21)22)19-17(23)20(2)10-12-6-4-3-5-7-12/h3-9H,10,18H2,1-2H3,(H,19,23)(H,21,22). The van der Waals surface area contributed by atoms with Crippen molar-refractivity contribution in [2.24, 2.45) is 0 Å². The summed E-state index contributed by atoms with van der Waals surface area (Å²) >= 11 is 0. The molecule has 2 rings (SSSR count). The minimum Gasteiger partial charge on any atom is -0.478 e. The van der Waals surface area contributed by atoms with Crippen LogP contribution >= 0.6 is 0 Å². The van der Waals surface area contributed by atoms with Crippen molar-refractivity contribution >= 4 is 23.4 Å². The Kier molecular flexibility index (Phi) is 4.85. The molecular formula is C17H19N3O3. The predicted octanol–water partition coefficient (Wildman–Crippen LogP) is 2.94. The summed E-state index contributed by atoms with van der Waals surface area (Å²) in [5, 5.41) is 12.0. The zero-order valence-corrected chi connectivity index (χ0v) is 13.0. The molecule has 0 aromatic heterocycles. The van der Waals surface area contributed by atoms with Gasteiger partial charge in [0.2, 0.25) is 0 Å². The molecular weight excluding hydrogens is 294 g/mol. The number of nitrogen functional groups attached to an aromatic ring is 1. The summed E-state index contributed by atoms with van der Waals surface area (Å²) in [5.41, 5.74) is 7.76. The number of hydrogen-bond donors (Lipinski definition) is 3. The van der Waals surface area contributed by atoms with Gasteiger partial charge >= 0.3 is 12.0 Å². The number of anilines is 2. The summed E-state index contributed by atoms with van der Waals surface area (Å²) in [5.74, 6) is -1.13. The quantitative estimate of drug-likeness (QED) is 0.756. The Morgan fingerprint density at radius 1 is 1.17 bits per heavy atom. The molecule has 0 unspecified atom stereocenters. The number of nitrogens with one attached hydrogen (secondary N) is 1. The Balaban J connectivity index is 2.17. The largest absolute Gasteiger partial charge is 0.478 e. The van der Waals surface area contributed by atoms with Crippen LogP contribution in [0.3, 0.4) is 0 Å². The molecule has 2 amide bonds. The van der Waals surface area contributed by atoms with Crippen molar-refractivity contribution < 1.29 is 14.7 Å². The van der Waals surface area contributed by atoms with Gasteiger partial charge in [-0.3, -0.25) is 0 Å². The van der Waals surface area contributed by atoms with Crippen LogP contribution in [0.25, 0.3) is 0 Å². The summed E-state index contributed by atoms with van der Waals surface area (Å²) < 4.78 is 0. The number of rotatable bonds is 4. The lowest BCUT2D eigenvalue weighted by molar-refractivity contribution is 0.0697. The van der Waals surface area contributed by atoms with Crippen LogP contribution in [0, 0.1) is 6.92 Å². The predicted molar refractivity (Wildman–Crippen MR) is 89.5 cm³/mol. The number of carboxylic acid groups (broad SMARTS) is 1. The lowest BCUT2D eigenvalue weighted by Gasteiger charge is -2.19. The summed E-state index contributed by atoms with van der Waals surface area (Å²) in [7, 11) is 1.65. The number of amides is 2. The molecule has 0 radical (unpaired) electrons. The number of carbonyl (C=O) groups is 2. The van der Waals surface area contributed by atoms with E-state index in [0.717, 1.165) is 5.56 Å². The van der Waals surface area contributed by atoms with Crippen LogP contribution in [0.15, 0.2) is 42.5 Å². The van der Waals surface area contributed by atoms with E-state index in [4.69, 9.17) is 5.73 Å². The second kappa shape index (κ2) is 6.83. The molecule has 23 heavy (non-hydrogen) atoms. The zero-order valence-electron chi connectivity index (χ0n) is 13.0. The molecule has 120 valence electrons. The Labute approximate surface area is 134 Å². The number of urea groups is 1. The number of nitrogens with zero attached hydrogens (tertiary/aromatic N) is 1. The third-order valence-corrected chi connectivity index (χ3v) is 3.57. The van der Waals surface area contributed by atoms with Gasteiger partial charge in [-0.1, -0.05) is 30.3 Å². The molecule has 0 fully saturated rings. The average molecular weight is 313 g/mol. The first-order valence-corrected chi connectivity index (χ1v) is 7.08. The molecule has 0 saturated heterocycles. The Morgan fingerprint density at radius 3 is 2.43 bits per heavy atom. The molecule has 6 heteroatoms. The minimum absolute atomic E-state index is 0.00598. The Bertz CT molecular complexity index is 729. The maximum Gasteiger partial charge on any atom is 0.338 e. The van der Waals surface area contributed by atoms with Crippen LogP contribution < -0.4 is 11.1 Å². The summed E-state index contributed by atoms with van der Waals surface area (Å²) in [6.45, 7) is 2.03. The van der Waals surface area contributed by atoms with Gasteiger partial charge in [0.25, 0.3) is 0 Å². The Hall–Kier alpha value is -3.02. The molecule has 0 bridgehead atoms. The van der Waals surface area contributed by atoms with E-state index < -0.39 is 5.97 Å². The number of hydrogen-bond acceptors (Lipinski definition) is 3. The van der Waals surface area contributed by atoms with Gasteiger partial charge in [0, 0.05) is 19.3 Å². The molecule has 2 aromatic carbocycles. The fourth-order valence-electron chi connectivity index (χ4n) is 2.25. The summed E-state index contributed by atoms with van der Waals surface area (Å²) in [6, 6.07) is 12.2. The fraction of sp³-hybridized carbons (Fsp3) is 0.176. The van der Waals surface area contributed by atoms with E-state index in [1.54, 1.807) is 20.0 Å². The van der Waals surface area contributed by atoms with E-state index in [2.05, 4.69) is 5.32 Å². The van der Waals surface area contributed by atoms with E-state index in [0.29, 0.717) is 17.8 Å². The molecule has 0 heterocycles. The number of nitrogens with two attached hydrogens (primary N) is 1. The molecule has 0 aliphatic heterocycles. The van der Waals surface area contributed by atoms with Crippen LogP contribution in [0.2, 0.25) is 0 Å². The van der Waals surface area contributed by atoms with E-state index >= 15 is 0 Å². The normalized spacial score (nSPS) is 10.2. The van der Waals surface area contributed by atoms with Gasteiger partial charge in [-0.15, -0.1) is 0 Å². The number of aromatic carboxylic acids is 1. The second-order valence-electron chi connectivity index (χ2n) is 5.28. The van der Waals surface area contributed by atoms with Crippen LogP contribution in [0.4, 0.5) is 16.2 Å². The van der Waals surface area contributed by atoms with E-state index in [1.807, 2.05) is 30.3 Å². The van der Waals surface area contributed by atoms with Gasteiger partial charge in [-0.2, -0.15) is 0 Å². The van der Waals surface area contributed by atoms with E-state index in [9.17, 15) is 14.7 Å². The summed E-state index contributed by atoms with van der Waals surface area (Å²) in [6.07, 6.45) is 0. The molecule has 0 saturated carbocycles. The van der Waals surface area contributed by atoms with Gasteiger partial charge in [0.1, 0.15) is 0 Å². The first-order valence-electron chi connectivity index (χ1n) is 7.08. The zero-order chi connectivity index (χ0) is 17.0. The van der Waals surface area contributed by atoms with E-state index in [1.165, 1.54) is 11.0 Å². The molecule has 6 nitrogen and oxygen atoms in total. The lowest BCUT2D eigenvalue weighted by atomic mass is 10.0. The van der Waals surface area contributed by atoms with Gasteiger partial charge in [-0.25, -0.2) is 9.59 Å². The smallest absolute Gasteiger partial charge is 0.338 e. The van der Waals surface area contributed by atoms with Crippen molar-refractivity contribution in [2.45, 2.75) is 13.5 Å². The van der Waals surface area contributed by atoms with Gasteiger partial charge in [-0.05, 0) is 30.2 Å². The number of carboxylic acids is 1. The van der Waals surface area contributed by atoms with Crippen LogP contribution in [0.1, 0.15) is 21.5 Å². The Morgan fingerprint density at radius 2 is 1.83 bits per heavy atom. The number of benzene rings is 2. The van der Waals surface area contributed by atoms with Crippen molar-refractivity contribution in [1.29, 1.82) is 0 Å². The minimum atomic E-state index is -1.13. The average Bonchev–Trinajstić information content (AvgIpc) is 2.51. The highest BCUT2D eigenvalue weighted by atomic mass is 16.4. The third kappa shape index (κ3) is 3.79. The first-order chi connectivity index (χ1) is 10.9. The van der Waals surface area contributed by atoms with Gasteiger partial charge in [0.15, 0.2) is 0 Å². The van der Waals surface area contributed by atoms with Crippen molar-refractivity contribution in [2.75, 3.05) is 18.1 Å². The van der Waals surface area contributed by atoms with Gasteiger partial charge < -0.3 is 21.1 Å². The molecule has 0 aliphatic carbocycles. The topological polar surface area (TPSA) is 95.7 Å². The van der Waals surface area contributed by atoms with Gasteiger partial charge in [0.05, 0.1) is 11.3 Å². The maximum atomic E-state index is 12.3. The second-order valence-corrected chi connectivity index (χ2v) is 5.28. The molecule has 0 atom stereocenters. The summed E-state index contributed by atoms with van der Waals surface area (Å²) in [4.78, 5) is 25.2. The van der Waals surface area contributed by atoms with Crippen molar-refractivity contribution in [3.8, 4) is 0 Å². The van der Waals surface area contributed by atoms with Crippen LogP contribution in [0.5, 0.6) is 0 Å². The maximum absolute atomic E-state index is 12.3. The molecule has 0 aliphatic rings. The molecule has 2 aromatic rings. The fourth-order valence-corrected chi connectivity index (χ4v) is 2.25. The highest BCUT2D eigenvalue weighted by molar-refractivity contribution is 6.02. The van der Waals surface area contributed by atoms with Crippen LogP contribution in [-0.2, 0) is 6.54 Å².